The lowest BCUT2D eigenvalue weighted by atomic mass is 10.1. The zero-order valence-corrected chi connectivity index (χ0v) is 14.0. The number of halogens is 2. The number of nitrogens with two attached hydrogens (primary N) is 1. The average molecular weight is 340 g/mol. The summed E-state index contributed by atoms with van der Waals surface area (Å²) in [7, 11) is 0. The number of rotatable bonds is 6. The van der Waals surface area contributed by atoms with Crippen molar-refractivity contribution in [2.75, 3.05) is 22.9 Å². The lowest BCUT2D eigenvalue weighted by Crippen LogP contribution is -2.10. The molecular weight excluding hydrogens is 321 g/mol. The highest BCUT2D eigenvalue weighted by molar-refractivity contribution is 6.42. The third-order valence-electron chi connectivity index (χ3n) is 3.08. The van der Waals surface area contributed by atoms with Gasteiger partial charge in [0.25, 0.3) is 0 Å². The van der Waals surface area contributed by atoms with Crippen molar-refractivity contribution >= 4 is 46.2 Å². The molecule has 0 aliphatic rings. The lowest BCUT2D eigenvalue weighted by Gasteiger charge is -2.13. The number of nitrogens with zero attached hydrogens (tertiary/aromatic N) is 2. The van der Waals surface area contributed by atoms with E-state index in [0.29, 0.717) is 33.3 Å². The van der Waals surface area contributed by atoms with E-state index in [1.165, 1.54) is 6.33 Å². The maximum Gasteiger partial charge on any atom is 0.159 e. The molecule has 0 aliphatic carbocycles. The Morgan fingerprint density at radius 2 is 1.86 bits per heavy atom. The zero-order valence-electron chi connectivity index (χ0n) is 12.5. The number of hydrogen-bond donors (Lipinski definition) is 3. The standard InChI is InChI=1S/C15H19Cl2N5/c1-9(2)5-6-19-14-13(18)15(21-8-20-14)22-10-3-4-11(16)12(17)7-10/h3-4,7-9H,5-6,18H2,1-2H3,(H2,19,20,21,22). The fourth-order valence-electron chi connectivity index (χ4n) is 1.83. The summed E-state index contributed by atoms with van der Waals surface area (Å²) < 4.78 is 0. The largest absolute Gasteiger partial charge is 0.393 e. The summed E-state index contributed by atoms with van der Waals surface area (Å²) in [4.78, 5) is 8.34. The molecule has 0 saturated heterocycles. The summed E-state index contributed by atoms with van der Waals surface area (Å²) in [5.41, 5.74) is 7.33. The Kier molecular flexibility index (Phi) is 5.69. The second-order valence-electron chi connectivity index (χ2n) is 5.35. The molecule has 118 valence electrons. The van der Waals surface area contributed by atoms with Crippen molar-refractivity contribution in [3.05, 3.63) is 34.6 Å². The van der Waals surface area contributed by atoms with Crippen molar-refractivity contribution in [1.82, 2.24) is 9.97 Å². The van der Waals surface area contributed by atoms with Crippen molar-refractivity contribution in [2.45, 2.75) is 20.3 Å². The number of anilines is 4. The van der Waals surface area contributed by atoms with E-state index in [-0.39, 0.29) is 0 Å². The van der Waals surface area contributed by atoms with E-state index < -0.39 is 0 Å². The molecule has 0 fully saturated rings. The predicted octanol–water partition coefficient (Wildman–Crippen LogP) is 4.57. The lowest BCUT2D eigenvalue weighted by molar-refractivity contribution is 0.606. The Morgan fingerprint density at radius 1 is 1.14 bits per heavy atom. The number of aromatic nitrogens is 2. The van der Waals surface area contributed by atoms with Crippen LogP contribution in [0.1, 0.15) is 20.3 Å². The summed E-state index contributed by atoms with van der Waals surface area (Å²) in [6.45, 7) is 5.15. The first-order valence-electron chi connectivity index (χ1n) is 7.03. The number of benzene rings is 1. The van der Waals surface area contributed by atoms with Crippen LogP contribution in [0, 0.1) is 5.92 Å². The van der Waals surface area contributed by atoms with E-state index in [2.05, 4.69) is 34.4 Å². The quantitative estimate of drug-likeness (QED) is 0.718. The van der Waals surface area contributed by atoms with Gasteiger partial charge in [-0.15, -0.1) is 0 Å². The van der Waals surface area contributed by atoms with E-state index in [9.17, 15) is 0 Å². The van der Waals surface area contributed by atoms with Gasteiger partial charge in [-0.2, -0.15) is 0 Å². The highest BCUT2D eigenvalue weighted by Crippen LogP contribution is 2.29. The van der Waals surface area contributed by atoms with Crippen molar-refractivity contribution in [3.63, 3.8) is 0 Å². The van der Waals surface area contributed by atoms with Gasteiger partial charge in [0.15, 0.2) is 11.6 Å². The van der Waals surface area contributed by atoms with Crippen LogP contribution in [0.25, 0.3) is 0 Å². The number of nitrogen functional groups attached to an aromatic ring is 1. The molecule has 22 heavy (non-hydrogen) atoms. The van der Waals surface area contributed by atoms with Gasteiger partial charge >= 0.3 is 0 Å². The van der Waals surface area contributed by atoms with Crippen LogP contribution in [-0.4, -0.2) is 16.5 Å². The second-order valence-corrected chi connectivity index (χ2v) is 6.16. The molecule has 0 spiro atoms. The van der Waals surface area contributed by atoms with Gasteiger partial charge in [-0.3, -0.25) is 0 Å². The molecule has 0 radical (unpaired) electrons. The van der Waals surface area contributed by atoms with Crippen LogP contribution in [0.15, 0.2) is 24.5 Å². The van der Waals surface area contributed by atoms with E-state index in [1.54, 1.807) is 12.1 Å². The Morgan fingerprint density at radius 3 is 2.55 bits per heavy atom. The fraction of sp³-hybridized carbons (Fsp3) is 0.333. The van der Waals surface area contributed by atoms with Crippen LogP contribution < -0.4 is 16.4 Å². The van der Waals surface area contributed by atoms with Crippen LogP contribution in [0.2, 0.25) is 10.0 Å². The Labute approximate surface area is 140 Å². The molecule has 5 nitrogen and oxygen atoms in total. The van der Waals surface area contributed by atoms with Gasteiger partial charge in [0.05, 0.1) is 10.0 Å². The molecule has 0 bridgehead atoms. The summed E-state index contributed by atoms with van der Waals surface area (Å²) >= 11 is 11.9. The van der Waals surface area contributed by atoms with Gasteiger partial charge in [-0.1, -0.05) is 37.0 Å². The first-order valence-corrected chi connectivity index (χ1v) is 7.79. The molecule has 0 unspecified atom stereocenters. The van der Waals surface area contributed by atoms with Crippen molar-refractivity contribution in [1.29, 1.82) is 0 Å². The molecule has 1 aromatic carbocycles. The first-order chi connectivity index (χ1) is 10.5. The molecular formula is C15H19Cl2N5. The molecule has 1 aromatic heterocycles. The molecule has 0 aliphatic heterocycles. The summed E-state index contributed by atoms with van der Waals surface area (Å²) in [5.74, 6) is 1.77. The monoisotopic (exact) mass is 339 g/mol. The molecule has 1 heterocycles. The van der Waals surface area contributed by atoms with E-state index in [4.69, 9.17) is 28.9 Å². The molecule has 2 rings (SSSR count). The van der Waals surface area contributed by atoms with Gasteiger partial charge in [0.1, 0.15) is 12.0 Å². The zero-order chi connectivity index (χ0) is 16.1. The maximum atomic E-state index is 6.11. The summed E-state index contributed by atoms with van der Waals surface area (Å²) in [6, 6.07) is 5.24. The average Bonchev–Trinajstić information content (AvgIpc) is 2.46. The van der Waals surface area contributed by atoms with Crippen LogP contribution in [0.3, 0.4) is 0 Å². The van der Waals surface area contributed by atoms with Gasteiger partial charge in [0, 0.05) is 12.2 Å². The molecule has 0 saturated carbocycles. The van der Waals surface area contributed by atoms with Gasteiger partial charge in [0.2, 0.25) is 0 Å². The van der Waals surface area contributed by atoms with Crippen LogP contribution in [0.4, 0.5) is 23.0 Å². The maximum absolute atomic E-state index is 6.11. The molecule has 4 N–H and O–H groups in total. The first kappa shape index (κ1) is 16.6. The third-order valence-corrected chi connectivity index (χ3v) is 3.82. The number of nitrogens with one attached hydrogen (secondary N) is 2. The molecule has 2 aromatic rings. The minimum Gasteiger partial charge on any atom is -0.393 e. The normalized spacial score (nSPS) is 10.8. The third kappa shape index (κ3) is 4.39. The Bertz CT molecular complexity index is 646. The van der Waals surface area contributed by atoms with Gasteiger partial charge < -0.3 is 16.4 Å². The molecule has 0 amide bonds. The minimum absolute atomic E-state index is 0.467. The molecule has 7 heteroatoms. The van der Waals surface area contributed by atoms with Crippen molar-refractivity contribution in [3.8, 4) is 0 Å². The van der Waals surface area contributed by atoms with Crippen LogP contribution in [0.5, 0.6) is 0 Å². The van der Waals surface area contributed by atoms with Crippen molar-refractivity contribution < 1.29 is 0 Å². The molecule has 0 atom stereocenters. The minimum atomic E-state index is 0.467. The van der Waals surface area contributed by atoms with E-state index in [1.807, 2.05) is 6.07 Å². The SMILES string of the molecule is CC(C)CCNc1ncnc(Nc2ccc(Cl)c(Cl)c2)c1N. The van der Waals surface area contributed by atoms with Crippen molar-refractivity contribution in [2.24, 2.45) is 5.92 Å². The highest BCUT2D eigenvalue weighted by Gasteiger charge is 2.09. The summed E-state index contributed by atoms with van der Waals surface area (Å²) in [6.07, 6.45) is 2.51. The Hall–Kier alpha value is -1.72. The summed E-state index contributed by atoms with van der Waals surface area (Å²) in [5, 5.41) is 7.31. The van der Waals surface area contributed by atoms with Gasteiger partial charge in [-0.05, 0) is 30.5 Å². The van der Waals surface area contributed by atoms with E-state index in [0.717, 1.165) is 18.7 Å². The van der Waals surface area contributed by atoms with Crippen LogP contribution in [-0.2, 0) is 0 Å². The highest BCUT2D eigenvalue weighted by atomic mass is 35.5. The topological polar surface area (TPSA) is 75.9 Å². The number of hydrogen-bond acceptors (Lipinski definition) is 5. The van der Waals surface area contributed by atoms with Crippen LogP contribution >= 0.6 is 23.2 Å². The predicted molar refractivity (Wildman–Crippen MR) is 94.1 cm³/mol. The Balaban J connectivity index is 2.12. The second kappa shape index (κ2) is 7.51. The smallest absolute Gasteiger partial charge is 0.159 e. The fourth-order valence-corrected chi connectivity index (χ4v) is 2.12. The van der Waals surface area contributed by atoms with Gasteiger partial charge in [-0.25, -0.2) is 9.97 Å². The van der Waals surface area contributed by atoms with E-state index >= 15 is 0 Å².